The lowest BCUT2D eigenvalue weighted by atomic mass is 10.2. The standard InChI is InChI=1S/C15H13FN4O2/c1-21-15-7-2-12(16)8-11(15)9-22-14-5-3-13(4-6-14)20-10-17-18-19-20/h2-8,10H,9H2,1H3. The SMILES string of the molecule is COc1ccc(F)cc1COc1ccc(-n2cnnn2)cc1. The van der Waals surface area contributed by atoms with Crippen molar-refractivity contribution in [3.05, 3.63) is 60.2 Å². The van der Waals surface area contributed by atoms with Crippen LogP contribution in [0.25, 0.3) is 5.69 Å². The van der Waals surface area contributed by atoms with E-state index in [1.54, 1.807) is 22.9 Å². The highest BCUT2D eigenvalue weighted by molar-refractivity contribution is 5.37. The molecule has 0 fully saturated rings. The second kappa shape index (κ2) is 6.21. The first-order chi connectivity index (χ1) is 10.8. The highest BCUT2D eigenvalue weighted by Gasteiger charge is 2.06. The predicted molar refractivity (Wildman–Crippen MR) is 76.4 cm³/mol. The molecule has 0 saturated heterocycles. The number of hydrogen-bond acceptors (Lipinski definition) is 5. The van der Waals surface area contributed by atoms with Crippen LogP contribution in [0, 0.1) is 5.82 Å². The number of rotatable bonds is 5. The lowest BCUT2D eigenvalue weighted by Crippen LogP contribution is -2.00. The van der Waals surface area contributed by atoms with Crippen molar-refractivity contribution in [1.82, 2.24) is 20.2 Å². The van der Waals surface area contributed by atoms with E-state index in [2.05, 4.69) is 15.5 Å². The number of ether oxygens (including phenoxy) is 2. The number of nitrogens with zero attached hydrogens (tertiary/aromatic N) is 4. The van der Waals surface area contributed by atoms with E-state index in [-0.39, 0.29) is 12.4 Å². The van der Waals surface area contributed by atoms with Crippen molar-refractivity contribution in [3.8, 4) is 17.2 Å². The van der Waals surface area contributed by atoms with Gasteiger partial charge in [-0.05, 0) is 52.9 Å². The van der Waals surface area contributed by atoms with E-state index in [0.29, 0.717) is 17.1 Å². The summed E-state index contributed by atoms with van der Waals surface area (Å²) in [4.78, 5) is 0. The van der Waals surface area contributed by atoms with Gasteiger partial charge in [-0.15, -0.1) is 5.10 Å². The van der Waals surface area contributed by atoms with E-state index in [1.807, 2.05) is 12.1 Å². The Morgan fingerprint density at radius 3 is 2.64 bits per heavy atom. The fraction of sp³-hybridized carbons (Fsp3) is 0.133. The molecule has 0 radical (unpaired) electrons. The highest BCUT2D eigenvalue weighted by atomic mass is 19.1. The van der Waals surface area contributed by atoms with Gasteiger partial charge in [-0.2, -0.15) is 0 Å². The van der Waals surface area contributed by atoms with Gasteiger partial charge in [-0.25, -0.2) is 9.07 Å². The van der Waals surface area contributed by atoms with Crippen LogP contribution in [-0.2, 0) is 6.61 Å². The first kappa shape index (κ1) is 14.0. The van der Waals surface area contributed by atoms with Crippen molar-refractivity contribution >= 4 is 0 Å². The van der Waals surface area contributed by atoms with E-state index in [9.17, 15) is 4.39 Å². The Hall–Kier alpha value is -2.96. The third-order valence-electron chi connectivity index (χ3n) is 3.09. The lowest BCUT2D eigenvalue weighted by Gasteiger charge is -2.10. The van der Waals surface area contributed by atoms with Crippen molar-refractivity contribution in [2.75, 3.05) is 7.11 Å². The molecule has 3 aromatic rings. The van der Waals surface area contributed by atoms with E-state index in [1.165, 1.54) is 25.6 Å². The maximum Gasteiger partial charge on any atom is 0.143 e. The summed E-state index contributed by atoms with van der Waals surface area (Å²) in [5.74, 6) is 0.920. The zero-order valence-electron chi connectivity index (χ0n) is 11.8. The van der Waals surface area contributed by atoms with Crippen LogP contribution in [0.3, 0.4) is 0 Å². The fourth-order valence-corrected chi connectivity index (χ4v) is 2.00. The summed E-state index contributed by atoms with van der Waals surface area (Å²) in [6, 6.07) is 11.6. The first-order valence-electron chi connectivity index (χ1n) is 6.55. The highest BCUT2D eigenvalue weighted by Crippen LogP contribution is 2.22. The average molecular weight is 300 g/mol. The third kappa shape index (κ3) is 3.03. The number of methoxy groups -OCH3 is 1. The number of benzene rings is 2. The fourth-order valence-electron chi connectivity index (χ4n) is 2.00. The van der Waals surface area contributed by atoms with Crippen molar-refractivity contribution < 1.29 is 13.9 Å². The summed E-state index contributed by atoms with van der Waals surface area (Å²) >= 11 is 0. The minimum absolute atomic E-state index is 0.213. The molecule has 22 heavy (non-hydrogen) atoms. The Kier molecular flexibility index (Phi) is 3.95. The molecule has 0 spiro atoms. The van der Waals surface area contributed by atoms with Crippen molar-refractivity contribution in [1.29, 1.82) is 0 Å². The number of aromatic nitrogens is 4. The summed E-state index contributed by atoms with van der Waals surface area (Å²) < 4.78 is 25.7. The Morgan fingerprint density at radius 2 is 1.95 bits per heavy atom. The summed E-state index contributed by atoms with van der Waals surface area (Å²) in [7, 11) is 1.54. The molecule has 0 saturated carbocycles. The Balaban J connectivity index is 1.70. The van der Waals surface area contributed by atoms with Gasteiger partial charge in [0.25, 0.3) is 0 Å². The first-order valence-corrected chi connectivity index (χ1v) is 6.55. The lowest BCUT2D eigenvalue weighted by molar-refractivity contribution is 0.296. The molecule has 6 nitrogen and oxygen atoms in total. The molecule has 0 aliphatic heterocycles. The van der Waals surface area contributed by atoms with Crippen LogP contribution in [-0.4, -0.2) is 27.3 Å². The maximum absolute atomic E-state index is 13.3. The minimum Gasteiger partial charge on any atom is -0.496 e. The van der Waals surface area contributed by atoms with Crippen LogP contribution in [0.5, 0.6) is 11.5 Å². The molecule has 0 amide bonds. The number of hydrogen-bond donors (Lipinski definition) is 0. The van der Waals surface area contributed by atoms with Gasteiger partial charge in [0.05, 0.1) is 12.8 Å². The maximum atomic E-state index is 13.3. The molecule has 0 N–H and O–H groups in total. The summed E-state index contributed by atoms with van der Waals surface area (Å²) in [6.07, 6.45) is 1.51. The average Bonchev–Trinajstić information content (AvgIpc) is 3.08. The molecule has 2 aromatic carbocycles. The largest absolute Gasteiger partial charge is 0.496 e. The topological polar surface area (TPSA) is 62.1 Å². The molecule has 1 aromatic heterocycles. The van der Waals surface area contributed by atoms with E-state index < -0.39 is 0 Å². The van der Waals surface area contributed by atoms with Gasteiger partial charge < -0.3 is 9.47 Å². The predicted octanol–water partition coefficient (Wildman–Crippen LogP) is 2.39. The second-order valence-electron chi connectivity index (χ2n) is 4.49. The monoisotopic (exact) mass is 300 g/mol. The van der Waals surface area contributed by atoms with Gasteiger partial charge in [0.15, 0.2) is 0 Å². The molecule has 0 atom stereocenters. The second-order valence-corrected chi connectivity index (χ2v) is 4.49. The zero-order valence-corrected chi connectivity index (χ0v) is 11.8. The Morgan fingerprint density at radius 1 is 1.14 bits per heavy atom. The zero-order chi connectivity index (χ0) is 15.4. The van der Waals surface area contributed by atoms with Gasteiger partial charge in [-0.1, -0.05) is 0 Å². The quantitative estimate of drug-likeness (QED) is 0.724. The van der Waals surface area contributed by atoms with Crippen LogP contribution >= 0.6 is 0 Å². The molecule has 7 heteroatoms. The van der Waals surface area contributed by atoms with E-state index >= 15 is 0 Å². The molecule has 112 valence electrons. The van der Waals surface area contributed by atoms with E-state index in [4.69, 9.17) is 9.47 Å². The van der Waals surface area contributed by atoms with Crippen molar-refractivity contribution in [2.45, 2.75) is 6.61 Å². The minimum atomic E-state index is -0.326. The third-order valence-corrected chi connectivity index (χ3v) is 3.09. The molecule has 0 unspecified atom stereocenters. The molecule has 0 bridgehead atoms. The summed E-state index contributed by atoms with van der Waals surface area (Å²) in [6.45, 7) is 0.213. The number of halogens is 1. The van der Waals surface area contributed by atoms with Gasteiger partial charge in [0.2, 0.25) is 0 Å². The molecule has 1 heterocycles. The molecular weight excluding hydrogens is 287 g/mol. The van der Waals surface area contributed by atoms with Crippen LogP contribution in [0.2, 0.25) is 0 Å². The van der Waals surface area contributed by atoms with E-state index in [0.717, 1.165) is 5.69 Å². The van der Waals surface area contributed by atoms with Crippen molar-refractivity contribution in [3.63, 3.8) is 0 Å². The van der Waals surface area contributed by atoms with Crippen molar-refractivity contribution in [2.24, 2.45) is 0 Å². The normalized spacial score (nSPS) is 10.5. The van der Waals surface area contributed by atoms with Crippen LogP contribution in [0.15, 0.2) is 48.8 Å². The molecule has 0 aliphatic rings. The Bertz CT molecular complexity index is 745. The van der Waals surface area contributed by atoms with Gasteiger partial charge in [-0.3, -0.25) is 0 Å². The van der Waals surface area contributed by atoms with Crippen LogP contribution in [0.1, 0.15) is 5.56 Å². The molecule has 0 aliphatic carbocycles. The van der Waals surface area contributed by atoms with Crippen LogP contribution < -0.4 is 9.47 Å². The number of tetrazole rings is 1. The van der Waals surface area contributed by atoms with Gasteiger partial charge in [0, 0.05) is 5.56 Å². The molecule has 3 rings (SSSR count). The van der Waals surface area contributed by atoms with Gasteiger partial charge in [0.1, 0.15) is 30.3 Å². The van der Waals surface area contributed by atoms with Crippen LogP contribution in [0.4, 0.5) is 4.39 Å². The molecular formula is C15H13FN4O2. The van der Waals surface area contributed by atoms with Gasteiger partial charge >= 0.3 is 0 Å². The Labute approximate surface area is 126 Å². The summed E-state index contributed by atoms with van der Waals surface area (Å²) in [5, 5.41) is 11.0. The smallest absolute Gasteiger partial charge is 0.143 e. The summed E-state index contributed by atoms with van der Waals surface area (Å²) in [5.41, 5.74) is 1.47.